The van der Waals surface area contributed by atoms with Crippen LogP contribution < -0.4 is 5.32 Å². The Labute approximate surface area is 141 Å². The van der Waals surface area contributed by atoms with Gasteiger partial charge in [-0.25, -0.2) is 8.78 Å². The maximum absolute atomic E-state index is 14.5. The molecule has 3 heterocycles. The molecule has 0 fully saturated rings. The van der Waals surface area contributed by atoms with E-state index in [2.05, 4.69) is 20.5 Å². The first-order chi connectivity index (χ1) is 12.2. The van der Waals surface area contributed by atoms with Gasteiger partial charge in [0.05, 0.1) is 12.2 Å². The van der Waals surface area contributed by atoms with Gasteiger partial charge in [-0.2, -0.15) is 5.10 Å². The van der Waals surface area contributed by atoms with Crippen molar-refractivity contribution < 1.29 is 8.78 Å². The predicted molar refractivity (Wildman–Crippen MR) is 91.1 cm³/mol. The molecule has 0 amide bonds. The fraction of sp³-hybridized carbons (Fsp3) is 0.0526. The lowest BCUT2D eigenvalue weighted by molar-refractivity contribution is 0.569. The zero-order valence-corrected chi connectivity index (χ0v) is 12.9. The van der Waals surface area contributed by atoms with Gasteiger partial charge in [0.1, 0.15) is 11.6 Å². The van der Waals surface area contributed by atoms with E-state index in [0.29, 0.717) is 11.2 Å². The molecule has 6 heteroatoms. The maximum atomic E-state index is 14.5. The molecule has 0 radical (unpaired) electrons. The highest BCUT2D eigenvalue weighted by molar-refractivity contribution is 6.00. The molecular weight excluding hydrogens is 322 g/mol. The number of nitrogens with zero attached hydrogens (tertiary/aromatic N) is 2. The topological polar surface area (TPSA) is 53.6 Å². The van der Waals surface area contributed by atoms with Crippen LogP contribution in [0, 0.1) is 11.6 Å². The highest BCUT2D eigenvalue weighted by atomic mass is 19.1. The van der Waals surface area contributed by atoms with Crippen molar-refractivity contribution in [3.8, 4) is 11.1 Å². The second-order valence-electron chi connectivity index (χ2n) is 6.01. The summed E-state index contributed by atoms with van der Waals surface area (Å²) in [4.78, 5) is 3.10. The van der Waals surface area contributed by atoms with Crippen molar-refractivity contribution in [2.45, 2.75) is 6.04 Å². The minimum absolute atomic E-state index is 0.377. The van der Waals surface area contributed by atoms with Crippen molar-refractivity contribution in [1.29, 1.82) is 0 Å². The summed E-state index contributed by atoms with van der Waals surface area (Å²) in [7, 11) is 0. The second kappa shape index (κ2) is 5.11. The normalized spacial score (nSPS) is 15.5. The van der Waals surface area contributed by atoms with E-state index >= 15 is 0 Å². The van der Waals surface area contributed by atoms with E-state index in [1.165, 1.54) is 12.1 Å². The summed E-state index contributed by atoms with van der Waals surface area (Å²) in [5.41, 5.74) is 4.62. The third kappa shape index (κ3) is 2.04. The van der Waals surface area contributed by atoms with Crippen molar-refractivity contribution >= 4 is 16.7 Å². The van der Waals surface area contributed by atoms with E-state index in [1.807, 2.05) is 24.3 Å². The number of nitrogens with one attached hydrogen (secondary N) is 2. The molecule has 25 heavy (non-hydrogen) atoms. The largest absolute Gasteiger partial charge is 0.373 e. The maximum Gasteiger partial charge on any atom is 0.160 e. The lowest BCUT2D eigenvalue weighted by Crippen LogP contribution is -2.13. The molecule has 5 rings (SSSR count). The second-order valence-corrected chi connectivity index (χ2v) is 6.01. The Balaban J connectivity index is 1.85. The molecule has 1 atom stereocenters. The standard InChI is InChI=1S/C19H12F2N4/c20-10-5-6-12(15(21)7-10)18-14-8-22-19-17(14)13(9-23-25-19)11-3-1-2-4-16(11)24-18/h1-9,18,24H,(H,22,25). The number of anilines is 1. The summed E-state index contributed by atoms with van der Waals surface area (Å²) in [6.07, 6.45) is 3.51. The summed E-state index contributed by atoms with van der Waals surface area (Å²) < 4.78 is 27.8. The molecule has 4 nitrogen and oxygen atoms in total. The van der Waals surface area contributed by atoms with E-state index in [9.17, 15) is 8.78 Å². The van der Waals surface area contributed by atoms with Crippen LogP contribution in [-0.2, 0) is 0 Å². The van der Waals surface area contributed by atoms with Gasteiger partial charge in [0.15, 0.2) is 5.65 Å². The average Bonchev–Trinajstić information content (AvgIpc) is 2.98. The summed E-state index contributed by atoms with van der Waals surface area (Å²) in [5.74, 6) is -1.18. The number of aromatic amines is 1. The van der Waals surface area contributed by atoms with E-state index in [-0.39, 0.29) is 0 Å². The van der Waals surface area contributed by atoms with Crippen molar-refractivity contribution in [3.63, 3.8) is 0 Å². The third-order valence-electron chi connectivity index (χ3n) is 4.61. The summed E-state index contributed by atoms with van der Waals surface area (Å²) in [6, 6.07) is 11.0. The van der Waals surface area contributed by atoms with Gasteiger partial charge >= 0.3 is 0 Å². The first-order valence-corrected chi connectivity index (χ1v) is 7.86. The van der Waals surface area contributed by atoms with Crippen molar-refractivity contribution in [1.82, 2.24) is 15.2 Å². The molecule has 1 aliphatic heterocycles. The number of fused-ring (bicyclic) bond motifs is 2. The monoisotopic (exact) mass is 334 g/mol. The van der Waals surface area contributed by atoms with Gasteiger partial charge in [-0.15, -0.1) is 5.10 Å². The van der Waals surface area contributed by atoms with Crippen LogP contribution in [0.15, 0.2) is 54.9 Å². The third-order valence-corrected chi connectivity index (χ3v) is 4.61. The molecule has 1 unspecified atom stereocenters. The predicted octanol–water partition coefficient (Wildman–Crippen LogP) is 4.42. The Hall–Kier alpha value is -3.28. The van der Waals surface area contributed by atoms with Crippen LogP contribution in [0.4, 0.5) is 14.5 Å². The van der Waals surface area contributed by atoms with Gasteiger partial charge in [-0.05, 0) is 12.1 Å². The van der Waals surface area contributed by atoms with E-state index in [4.69, 9.17) is 0 Å². The van der Waals surface area contributed by atoms with Crippen LogP contribution >= 0.6 is 0 Å². The number of hydrogen-bond acceptors (Lipinski definition) is 3. The van der Waals surface area contributed by atoms with Crippen LogP contribution in [-0.4, -0.2) is 15.2 Å². The zero-order valence-electron chi connectivity index (χ0n) is 12.9. The van der Waals surface area contributed by atoms with E-state index < -0.39 is 17.7 Å². The Morgan fingerprint density at radius 3 is 2.72 bits per heavy atom. The molecule has 0 aliphatic carbocycles. The molecule has 0 bridgehead atoms. The van der Waals surface area contributed by atoms with Gasteiger partial charge in [-0.1, -0.05) is 24.3 Å². The highest BCUT2D eigenvalue weighted by Crippen LogP contribution is 2.43. The van der Waals surface area contributed by atoms with Gasteiger partial charge in [0.25, 0.3) is 0 Å². The van der Waals surface area contributed by atoms with Crippen LogP contribution in [0.3, 0.4) is 0 Å². The summed E-state index contributed by atoms with van der Waals surface area (Å²) in [5, 5.41) is 12.5. The Morgan fingerprint density at radius 2 is 1.84 bits per heavy atom. The van der Waals surface area contributed by atoms with Crippen LogP contribution in [0.2, 0.25) is 0 Å². The lowest BCUT2D eigenvalue weighted by atomic mass is 9.97. The van der Waals surface area contributed by atoms with Crippen molar-refractivity contribution in [2.24, 2.45) is 0 Å². The van der Waals surface area contributed by atoms with Gasteiger partial charge in [-0.3, -0.25) is 0 Å². The first-order valence-electron chi connectivity index (χ1n) is 7.86. The van der Waals surface area contributed by atoms with Gasteiger partial charge < -0.3 is 10.3 Å². The highest BCUT2D eigenvalue weighted by Gasteiger charge is 2.28. The smallest absolute Gasteiger partial charge is 0.160 e. The summed E-state index contributed by atoms with van der Waals surface area (Å²) >= 11 is 0. The molecule has 0 saturated heterocycles. The van der Waals surface area contributed by atoms with Gasteiger partial charge in [0, 0.05) is 45.6 Å². The molecule has 0 saturated carbocycles. The number of halogens is 2. The Bertz CT molecular complexity index is 1120. The number of rotatable bonds is 1. The van der Waals surface area contributed by atoms with E-state index in [1.54, 1.807) is 12.4 Å². The molecule has 2 N–H and O–H groups in total. The fourth-order valence-electron chi connectivity index (χ4n) is 3.49. The first kappa shape index (κ1) is 14.1. The molecule has 122 valence electrons. The van der Waals surface area contributed by atoms with Crippen LogP contribution in [0.1, 0.15) is 17.2 Å². The number of benzene rings is 2. The Kier molecular flexibility index (Phi) is 2.88. The number of para-hydroxylation sites is 1. The quantitative estimate of drug-likeness (QED) is 0.542. The van der Waals surface area contributed by atoms with Crippen LogP contribution in [0.5, 0.6) is 0 Å². The Morgan fingerprint density at radius 1 is 0.960 bits per heavy atom. The average molecular weight is 334 g/mol. The molecule has 1 aliphatic rings. The zero-order chi connectivity index (χ0) is 17.0. The lowest BCUT2D eigenvalue weighted by Gasteiger charge is -2.20. The summed E-state index contributed by atoms with van der Waals surface area (Å²) in [6.45, 7) is 0. The molecule has 4 aromatic rings. The number of aromatic nitrogens is 3. The number of hydrogen-bond donors (Lipinski definition) is 2. The van der Waals surface area contributed by atoms with Crippen molar-refractivity contribution in [2.75, 3.05) is 5.32 Å². The molecule has 2 aromatic heterocycles. The minimum Gasteiger partial charge on any atom is -0.373 e. The SMILES string of the molecule is Fc1ccc(C2Nc3ccccc3-c3cnnc4[nH]cc2c34)c(F)c1. The molecule has 0 spiro atoms. The fourth-order valence-corrected chi connectivity index (χ4v) is 3.49. The number of H-pyrrole nitrogens is 1. The van der Waals surface area contributed by atoms with Crippen molar-refractivity contribution in [3.05, 3.63) is 77.6 Å². The molecular formula is C19H12F2N4. The van der Waals surface area contributed by atoms with Gasteiger partial charge in [0.2, 0.25) is 0 Å². The van der Waals surface area contributed by atoms with Crippen LogP contribution in [0.25, 0.3) is 22.2 Å². The molecule has 2 aromatic carbocycles. The van der Waals surface area contributed by atoms with E-state index in [0.717, 1.165) is 33.8 Å². The minimum atomic E-state index is -0.597.